The summed E-state index contributed by atoms with van der Waals surface area (Å²) in [4.78, 5) is 13.3. The number of nitriles is 1. The fourth-order valence-electron chi connectivity index (χ4n) is 1.96. The molecular weight excluding hydrogens is 344 g/mol. The summed E-state index contributed by atoms with van der Waals surface area (Å²) in [6.07, 6.45) is 0.929. The van der Waals surface area contributed by atoms with E-state index >= 15 is 0 Å². The van der Waals surface area contributed by atoms with Crippen LogP contribution in [-0.2, 0) is 10.0 Å². The van der Waals surface area contributed by atoms with E-state index in [4.69, 9.17) is 5.26 Å². The highest BCUT2D eigenvalue weighted by Gasteiger charge is 2.18. The maximum absolute atomic E-state index is 12.1. The fourth-order valence-corrected chi connectivity index (χ4v) is 2.88. The van der Waals surface area contributed by atoms with E-state index in [2.05, 4.69) is 14.7 Å². The van der Waals surface area contributed by atoms with Crippen LogP contribution in [-0.4, -0.2) is 54.5 Å². The van der Waals surface area contributed by atoms with Crippen molar-refractivity contribution in [2.24, 2.45) is 4.40 Å². The first-order chi connectivity index (χ1) is 11.8. The third-order valence-corrected chi connectivity index (χ3v) is 4.43. The molecule has 0 N–H and O–H groups in total. The second kappa shape index (κ2) is 7.23. The van der Waals surface area contributed by atoms with Crippen molar-refractivity contribution in [1.82, 2.24) is 19.9 Å². The van der Waals surface area contributed by atoms with E-state index in [0.29, 0.717) is 11.4 Å². The van der Waals surface area contributed by atoms with E-state index in [1.165, 1.54) is 40.2 Å². The lowest BCUT2D eigenvalue weighted by atomic mass is 10.2. The molecule has 0 radical (unpaired) electrons. The van der Waals surface area contributed by atoms with E-state index in [9.17, 15) is 13.2 Å². The van der Waals surface area contributed by atoms with Crippen LogP contribution in [0.5, 0.6) is 0 Å². The van der Waals surface area contributed by atoms with Crippen molar-refractivity contribution in [2.75, 3.05) is 14.1 Å². The first-order valence-electron chi connectivity index (χ1n) is 7.16. The second-order valence-electron chi connectivity index (χ2n) is 5.35. The summed E-state index contributed by atoms with van der Waals surface area (Å²) in [6.45, 7) is 1.65. The van der Waals surface area contributed by atoms with Crippen LogP contribution in [0.4, 0.5) is 0 Å². The van der Waals surface area contributed by atoms with Gasteiger partial charge in [-0.25, -0.2) is 4.68 Å². The first-order valence-corrected chi connectivity index (χ1v) is 8.60. The number of nitrogens with zero attached hydrogens (tertiary/aromatic N) is 6. The number of sulfonamides is 1. The van der Waals surface area contributed by atoms with Gasteiger partial charge in [0.05, 0.1) is 22.3 Å². The Morgan fingerprint density at radius 3 is 2.56 bits per heavy atom. The highest BCUT2D eigenvalue weighted by Crippen LogP contribution is 2.17. The molecule has 0 spiro atoms. The molecule has 2 aromatic rings. The number of carbonyl (C=O) groups excluding carboxylic acids is 1. The largest absolute Gasteiger partial charge is 0.368 e. The second-order valence-corrected chi connectivity index (χ2v) is 6.98. The minimum Gasteiger partial charge on any atom is -0.368 e. The molecule has 1 heterocycles. The van der Waals surface area contributed by atoms with Crippen LogP contribution in [0.2, 0.25) is 0 Å². The van der Waals surface area contributed by atoms with E-state index in [1.807, 2.05) is 0 Å². The number of aromatic nitrogens is 3. The van der Waals surface area contributed by atoms with E-state index in [1.54, 1.807) is 27.1 Å². The minimum absolute atomic E-state index is 0.0351. The molecule has 0 saturated heterocycles. The number of ketones is 1. The third kappa shape index (κ3) is 4.07. The van der Waals surface area contributed by atoms with Crippen molar-refractivity contribution in [3.63, 3.8) is 0 Å². The summed E-state index contributed by atoms with van der Waals surface area (Å²) >= 11 is 0. The predicted octanol–water partition coefficient (Wildman–Crippen LogP) is 0.951. The van der Waals surface area contributed by atoms with Gasteiger partial charge in [-0.2, -0.15) is 13.7 Å². The maximum Gasteiger partial charge on any atom is 0.283 e. The van der Waals surface area contributed by atoms with Crippen molar-refractivity contribution >= 4 is 22.1 Å². The van der Waals surface area contributed by atoms with Gasteiger partial charge in [-0.05, 0) is 31.2 Å². The molecule has 1 aromatic carbocycles. The first kappa shape index (κ1) is 18.3. The summed E-state index contributed by atoms with van der Waals surface area (Å²) in [5.41, 5.74) is 1.13. The molecule has 0 aliphatic heterocycles. The van der Waals surface area contributed by atoms with Crippen molar-refractivity contribution < 1.29 is 13.2 Å². The van der Waals surface area contributed by atoms with Crippen LogP contribution in [0.1, 0.15) is 22.6 Å². The van der Waals surface area contributed by atoms with Gasteiger partial charge in [0.15, 0.2) is 11.5 Å². The average Bonchev–Trinajstić information content (AvgIpc) is 2.95. The topological polar surface area (TPSA) is 121 Å². The van der Waals surface area contributed by atoms with Crippen LogP contribution in [0.3, 0.4) is 0 Å². The standard InChI is InChI=1S/C15H16N6O3S/c1-11-15(14(22)8-9-16)18-19-21(11)12-4-6-13(7-5-12)25(23,24)17-10-20(2)3/h4-7,10H,8H2,1-3H3. The number of hydrogen-bond acceptors (Lipinski definition) is 6. The molecule has 0 atom stereocenters. The Hall–Kier alpha value is -3.06. The summed E-state index contributed by atoms with van der Waals surface area (Å²) < 4.78 is 29.1. The Balaban J connectivity index is 2.33. The third-order valence-electron chi connectivity index (χ3n) is 3.19. The number of carbonyl (C=O) groups is 1. The molecule has 0 aliphatic carbocycles. The maximum atomic E-state index is 12.1. The number of hydrogen-bond donors (Lipinski definition) is 0. The Labute approximate surface area is 145 Å². The zero-order valence-electron chi connectivity index (χ0n) is 13.9. The molecule has 0 saturated carbocycles. The van der Waals surface area contributed by atoms with E-state index in [-0.39, 0.29) is 17.0 Å². The Bertz CT molecular complexity index is 952. The van der Waals surface area contributed by atoms with Crippen LogP contribution in [0, 0.1) is 18.3 Å². The highest BCUT2D eigenvalue weighted by atomic mass is 32.2. The summed E-state index contributed by atoms with van der Waals surface area (Å²) in [7, 11) is -0.453. The fraction of sp³-hybridized carbons (Fsp3) is 0.267. The van der Waals surface area contributed by atoms with Gasteiger partial charge in [0, 0.05) is 14.1 Å². The molecule has 0 aliphatic rings. The van der Waals surface area contributed by atoms with Crippen molar-refractivity contribution in [3.8, 4) is 11.8 Å². The molecule has 0 amide bonds. The van der Waals surface area contributed by atoms with E-state index < -0.39 is 15.8 Å². The van der Waals surface area contributed by atoms with Crippen LogP contribution in [0.25, 0.3) is 5.69 Å². The molecule has 2 rings (SSSR count). The Morgan fingerprint density at radius 1 is 1.36 bits per heavy atom. The van der Waals surface area contributed by atoms with Gasteiger partial charge in [0.25, 0.3) is 10.0 Å². The Kier molecular flexibility index (Phi) is 5.29. The average molecular weight is 360 g/mol. The van der Waals surface area contributed by atoms with Gasteiger partial charge in [-0.15, -0.1) is 9.50 Å². The monoisotopic (exact) mass is 360 g/mol. The van der Waals surface area contributed by atoms with Gasteiger partial charge < -0.3 is 4.90 Å². The van der Waals surface area contributed by atoms with Crippen LogP contribution >= 0.6 is 0 Å². The van der Waals surface area contributed by atoms with Gasteiger partial charge in [-0.1, -0.05) is 5.21 Å². The van der Waals surface area contributed by atoms with Crippen molar-refractivity contribution in [3.05, 3.63) is 35.7 Å². The SMILES string of the molecule is Cc1c(C(=O)CC#N)nnn1-c1ccc(S(=O)(=O)N=CN(C)C)cc1. The molecule has 0 unspecified atom stereocenters. The molecule has 0 bridgehead atoms. The van der Waals surface area contributed by atoms with Crippen LogP contribution in [0.15, 0.2) is 33.6 Å². The quantitative estimate of drug-likeness (QED) is 0.427. The number of benzene rings is 1. The van der Waals surface area contributed by atoms with Gasteiger partial charge in [-0.3, -0.25) is 4.79 Å². The molecular formula is C15H16N6O3S. The molecule has 130 valence electrons. The predicted molar refractivity (Wildman–Crippen MR) is 90.0 cm³/mol. The van der Waals surface area contributed by atoms with E-state index in [0.717, 1.165) is 0 Å². The molecule has 25 heavy (non-hydrogen) atoms. The summed E-state index contributed by atoms with van der Waals surface area (Å²) in [6, 6.07) is 7.65. The normalized spacial score (nSPS) is 11.4. The Morgan fingerprint density at radius 2 is 2.00 bits per heavy atom. The summed E-state index contributed by atoms with van der Waals surface area (Å²) in [5, 5.41) is 16.3. The highest BCUT2D eigenvalue weighted by molar-refractivity contribution is 7.90. The zero-order valence-corrected chi connectivity index (χ0v) is 14.7. The molecule has 10 heteroatoms. The number of Topliss-reactive ketones (excluding diaryl/α,β-unsaturated/α-hetero) is 1. The number of rotatable bonds is 6. The lowest BCUT2D eigenvalue weighted by molar-refractivity contribution is 0.0992. The zero-order chi connectivity index (χ0) is 18.6. The lowest BCUT2D eigenvalue weighted by Crippen LogP contribution is -2.10. The van der Waals surface area contributed by atoms with Gasteiger partial charge in [0.2, 0.25) is 0 Å². The van der Waals surface area contributed by atoms with Crippen molar-refractivity contribution in [2.45, 2.75) is 18.2 Å². The van der Waals surface area contributed by atoms with Gasteiger partial charge in [0.1, 0.15) is 12.8 Å². The minimum atomic E-state index is -3.79. The summed E-state index contributed by atoms with van der Waals surface area (Å²) in [5.74, 6) is -0.413. The molecule has 9 nitrogen and oxygen atoms in total. The lowest BCUT2D eigenvalue weighted by Gasteiger charge is -2.06. The van der Waals surface area contributed by atoms with Gasteiger partial charge >= 0.3 is 0 Å². The van der Waals surface area contributed by atoms with Crippen LogP contribution < -0.4 is 0 Å². The smallest absolute Gasteiger partial charge is 0.283 e. The molecule has 0 fully saturated rings. The molecule has 1 aromatic heterocycles. The van der Waals surface area contributed by atoms with Crippen molar-refractivity contribution in [1.29, 1.82) is 5.26 Å².